The summed E-state index contributed by atoms with van der Waals surface area (Å²) >= 11 is 0. The van der Waals surface area contributed by atoms with Crippen molar-refractivity contribution in [3.05, 3.63) is 84.4 Å². The molecule has 0 aliphatic carbocycles. The van der Waals surface area contributed by atoms with Gasteiger partial charge >= 0.3 is 0 Å². The Kier molecular flexibility index (Phi) is 6.05. The van der Waals surface area contributed by atoms with Gasteiger partial charge in [0.05, 0.1) is 24.4 Å². The molecule has 5 heteroatoms. The van der Waals surface area contributed by atoms with Crippen LogP contribution in [-0.4, -0.2) is 48.7 Å². The summed E-state index contributed by atoms with van der Waals surface area (Å²) in [4.78, 5) is 19.0. The highest BCUT2D eigenvalue weighted by Gasteiger charge is 2.17. The van der Waals surface area contributed by atoms with Crippen LogP contribution in [-0.2, 0) is 9.53 Å². The Bertz CT molecular complexity index is 1260. The number of aromatic nitrogens is 1. The highest BCUT2D eigenvalue weighted by Crippen LogP contribution is 2.33. The molecule has 2 heterocycles. The summed E-state index contributed by atoms with van der Waals surface area (Å²) in [6.07, 6.45) is 0. The number of carbonyl (C=O) groups is 1. The fourth-order valence-electron chi connectivity index (χ4n) is 4.12. The van der Waals surface area contributed by atoms with Crippen LogP contribution in [0.1, 0.15) is 5.56 Å². The Morgan fingerprint density at radius 2 is 1.70 bits per heavy atom. The van der Waals surface area contributed by atoms with Gasteiger partial charge in [0, 0.05) is 24.0 Å². The van der Waals surface area contributed by atoms with Gasteiger partial charge in [0.25, 0.3) is 5.91 Å². The molecule has 1 aromatic heterocycles. The highest BCUT2D eigenvalue weighted by molar-refractivity contribution is 5.97. The maximum absolute atomic E-state index is 12.3. The molecule has 0 bridgehead atoms. The number of hydrogen-bond donors (Lipinski definition) is 0. The van der Waals surface area contributed by atoms with E-state index < -0.39 is 0 Å². The van der Waals surface area contributed by atoms with Gasteiger partial charge in [0.1, 0.15) is 5.75 Å². The fraction of sp³-hybridized carbons (Fsp3) is 0.214. The molecule has 0 saturated carbocycles. The van der Waals surface area contributed by atoms with Gasteiger partial charge in [0.15, 0.2) is 6.61 Å². The van der Waals surface area contributed by atoms with E-state index in [1.165, 1.54) is 11.1 Å². The van der Waals surface area contributed by atoms with Crippen LogP contribution in [0, 0.1) is 6.92 Å². The smallest absolute Gasteiger partial charge is 0.260 e. The Morgan fingerprint density at radius 3 is 2.45 bits per heavy atom. The Labute approximate surface area is 193 Å². The number of benzene rings is 3. The zero-order valence-corrected chi connectivity index (χ0v) is 18.7. The molecule has 5 nitrogen and oxygen atoms in total. The van der Waals surface area contributed by atoms with E-state index in [4.69, 9.17) is 14.5 Å². The molecular weight excluding hydrogens is 412 g/mol. The molecule has 0 atom stereocenters. The molecule has 4 aromatic rings. The number of pyridine rings is 1. The lowest BCUT2D eigenvalue weighted by Crippen LogP contribution is -2.42. The van der Waals surface area contributed by atoms with Gasteiger partial charge in [-0.15, -0.1) is 0 Å². The zero-order valence-electron chi connectivity index (χ0n) is 18.7. The van der Waals surface area contributed by atoms with Gasteiger partial charge < -0.3 is 14.4 Å². The lowest BCUT2D eigenvalue weighted by Gasteiger charge is -2.26. The highest BCUT2D eigenvalue weighted by atomic mass is 16.5. The molecule has 5 rings (SSSR count). The van der Waals surface area contributed by atoms with Gasteiger partial charge in [-0.1, -0.05) is 42.0 Å². The quantitative estimate of drug-likeness (QED) is 0.434. The third-order valence-corrected chi connectivity index (χ3v) is 5.93. The van der Waals surface area contributed by atoms with Gasteiger partial charge in [-0.3, -0.25) is 4.79 Å². The maximum atomic E-state index is 12.3. The van der Waals surface area contributed by atoms with Crippen LogP contribution in [0.3, 0.4) is 0 Å². The van der Waals surface area contributed by atoms with E-state index in [0.717, 1.165) is 27.7 Å². The van der Waals surface area contributed by atoms with Crippen molar-refractivity contribution in [2.24, 2.45) is 0 Å². The van der Waals surface area contributed by atoms with E-state index >= 15 is 0 Å². The van der Waals surface area contributed by atoms with Crippen molar-refractivity contribution >= 4 is 16.8 Å². The van der Waals surface area contributed by atoms with Crippen LogP contribution in [0.4, 0.5) is 0 Å². The minimum Gasteiger partial charge on any atom is -0.484 e. The van der Waals surface area contributed by atoms with Crippen molar-refractivity contribution in [3.63, 3.8) is 0 Å². The van der Waals surface area contributed by atoms with E-state index in [9.17, 15) is 4.79 Å². The first kappa shape index (κ1) is 21.2. The SMILES string of the molecule is Cc1ccc2nc(-c3ccc(OCC(=O)N4CCOCC4)cc3)cc(-c3ccccc3)c2c1. The summed E-state index contributed by atoms with van der Waals surface area (Å²) in [5.41, 5.74) is 6.41. The number of aryl methyl sites for hydroxylation is 1. The first-order chi connectivity index (χ1) is 16.2. The van der Waals surface area contributed by atoms with E-state index in [2.05, 4.69) is 55.5 Å². The number of fused-ring (bicyclic) bond motifs is 1. The molecule has 1 aliphatic heterocycles. The monoisotopic (exact) mass is 438 g/mol. The molecule has 3 aromatic carbocycles. The molecule has 0 radical (unpaired) electrons. The number of nitrogens with zero attached hydrogens (tertiary/aromatic N) is 2. The van der Waals surface area contributed by atoms with Crippen LogP contribution >= 0.6 is 0 Å². The van der Waals surface area contributed by atoms with Crippen molar-refractivity contribution in [2.45, 2.75) is 6.92 Å². The van der Waals surface area contributed by atoms with Crippen LogP contribution in [0.2, 0.25) is 0 Å². The summed E-state index contributed by atoms with van der Waals surface area (Å²) < 4.78 is 11.0. The lowest BCUT2D eigenvalue weighted by atomic mass is 9.97. The van der Waals surface area contributed by atoms with Gasteiger partial charge in [-0.25, -0.2) is 4.98 Å². The summed E-state index contributed by atoms with van der Waals surface area (Å²) in [7, 11) is 0. The van der Waals surface area contributed by atoms with Crippen LogP contribution in [0.25, 0.3) is 33.3 Å². The van der Waals surface area contributed by atoms with Crippen molar-refractivity contribution in [2.75, 3.05) is 32.9 Å². The van der Waals surface area contributed by atoms with Gasteiger partial charge in [0.2, 0.25) is 0 Å². The lowest BCUT2D eigenvalue weighted by molar-refractivity contribution is -0.137. The summed E-state index contributed by atoms with van der Waals surface area (Å²) in [5.74, 6) is 0.654. The van der Waals surface area contributed by atoms with Crippen molar-refractivity contribution < 1.29 is 14.3 Å². The minimum atomic E-state index is -0.0126. The van der Waals surface area contributed by atoms with E-state index in [1.807, 2.05) is 30.3 Å². The molecule has 1 amide bonds. The standard InChI is InChI=1S/C28H26N2O3/c1-20-7-12-26-25(17-20)24(21-5-3-2-4-6-21)18-27(29-26)22-8-10-23(11-9-22)33-19-28(31)30-13-15-32-16-14-30/h2-12,17-18H,13-16,19H2,1H3. The predicted octanol–water partition coefficient (Wildman–Crippen LogP) is 5.11. The third-order valence-electron chi connectivity index (χ3n) is 5.93. The van der Waals surface area contributed by atoms with Crippen LogP contribution in [0.5, 0.6) is 5.75 Å². The van der Waals surface area contributed by atoms with E-state index in [1.54, 1.807) is 4.90 Å². The second-order valence-corrected chi connectivity index (χ2v) is 8.25. The normalized spacial score (nSPS) is 13.8. The first-order valence-electron chi connectivity index (χ1n) is 11.2. The average molecular weight is 439 g/mol. The fourth-order valence-corrected chi connectivity index (χ4v) is 4.12. The van der Waals surface area contributed by atoms with Crippen LogP contribution in [0.15, 0.2) is 78.9 Å². The average Bonchev–Trinajstić information content (AvgIpc) is 2.88. The van der Waals surface area contributed by atoms with Crippen molar-refractivity contribution in [1.29, 1.82) is 0 Å². The summed E-state index contributed by atoms with van der Waals surface area (Å²) in [5, 5.41) is 1.14. The third kappa shape index (κ3) is 4.73. The molecule has 166 valence electrons. The van der Waals surface area contributed by atoms with Crippen LogP contribution < -0.4 is 4.74 Å². The molecular formula is C28H26N2O3. The van der Waals surface area contributed by atoms with E-state index in [-0.39, 0.29) is 12.5 Å². The van der Waals surface area contributed by atoms with Crippen molar-refractivity contribution in [3.8, 4) is 28.1 Å². The maximum Gasteiger partial charge on any atom is 0.260 e. The Balaban J connectivity index is 1.40. The second-order valence-electron chi connectivity index (χ2n) is 8.25. The van der Waals surface area contributed by atoms with Gasteiger partial charge in [-0.05, 0) is 60.5 Å². The second kappa shape index (κ2) is 9.43. The predicted molar refractivity (Wildman–Crippen MR) is 130 cm³/mol. The number of hydrogen-bond acceptors (Lipinski definition) is 4. The number of rotatable bonds is 5. The largest absolute Gasteiger partial charge is 0.484 e. The molecule has 1 fully saturated rings. The van der Waals surface area contributed by atoms with E-state index in [0.29, 0.717) is 32.1 Å². The molecule has 0 unspecified atom stereocenters. The van der Waals surface area contributed by atoms with Gasteiger partial charge in [-0.2, -0.15) is 0 Å². The summed E-state index contributed by atoms with van der Waals surface area (Å²) in [6, 6.07) is 26.7. The Morgan fingerprint density at radius 1 is 0.939 bits per heavy atom. The zero-order chi connectivity index (χ0) is 22.6. The molecule has 1 saturated heterocycles. The number of carbonyl (C=O) groups excluding carboxylic acids is 1. The molecule has 1 aliphatic rings. The van der Waals surface area contributed by atoms with Crippen molar-refractivity contribution in [1.82, 2.24) is 9.88 Å². The topological polar surface area (TPSA) is 51.7 Å². The first-order valence-corrected chi connectivity index (χ1v) is 11.2. The number of ether oxygens (including phenoxy) is 2. The molecule has 0 spiro atoms. The molecule has 33 heavy (non-hydrogen) atoms. The number of amides is 1. The number of morpholine rings is 1. The minimum absolute atomic E-state index is 0.0126. The Hall–Kier alpha value is -3.70. The summed E-state index contributed by atoms with van der Waals surface area (Å²) in [6.45, 7) is 4.55. The molecule has 0 N–H and O–H groups in total.